The lowest BCUT2D eigenvalue weighted by molar-refractivity contribution is 0.0976. The van der Waals surface area contributed by atoms with Crippen molar-refractivity contribution in [2.75, 3.05) is 20.7 Å². The van der Waals surface area contributed by atoms with Gasteiger partial charge in [0.15, 0.2) is 11.5 Å². The standard InChI is InChI=1S/C21H28O4/c1-16-7-6-10-19(13-16)25-15-18(22)9-5-4-8-17-11-12-20(23-2)21(14-17)24-3/h6-7,10-14,18,22H,4-5,8-9,15H2,1-3H3/i3D3,8D2,15D2. The van der Waals surface area contributed by atoms with E-state index >= 15 is 0 Å². The van der Waals surface area contributed by atoms with Crippen LogP contribution in [0.2, 0.25) is 0 Å². The smallest absolute Gasteiger partial charge is 0.160 e. The first kappa shape index (κ1) is 11.4. The SMILES string of the molecule is [2H]C([2H])([2H])Oc1cc(C([2H])([2H])CCCC(O)C([2H])([2H])Oc2cccc(C)c2)ccc1OC. The van der Waals surface area contributed by atoms with E-state index in [1.54, 1.807) is 18.2 Å². The minimum Gasteiger partial charge on any atom is -0.493 e. The van der Waals surface area contributed by atoms with E-state index in [1.807, 2.05) is 13.0 Å². The summed E-state index contributed by atoms with van der Waals surface area (Å²) in [4.78, 5) is 0. The number of hydrogen-bond donors (Lipinski definition) is 1. The van der Waals surface area contributed by atoms with E-state index in [1.165, 1.54) is 25.3 Å². The summed E-state index contributed by atoms with van der Waals surface area (Å²) >= 11 is 0. The zero-order chi connectivity index (χ0) is 24.2. The first-order valence-electron chi connectivity index (χ1n) is 11.5. The third-order valence-electron chi connectivity index (χ3n) is 3.56. The van der Waals surface area contributed by atoms with Gasteiger partial charge in [0.1, 0.15) is 12.3 Å². The van der Waals surface area contributed by atoms with Gasteiger partial charge in [0, 0.05) is 2.74 Å². The number of rotatable bonds is 10. The van der Waals surface area contributed by atoms with Crippen LogP contribution >= 0.6 is 0 Å². The first-order chi connectivity index (χ1) is 14.7. The Morgan fingerprint density at radius 3 is 2.76 bits per heavy atom. The summed E-state index contributed by atoms with van der Waals surface area (Å²) in [6.07, 6.45) is -3.25. The lowest BCUT2D eigenvalue weighted by atomic mass is 10.0. The molecule has 1 unspecified atom stereocenters. The fourth-order valence-corrected chi connectivity index (χ4v) is 2.27. The number of benzene rings is 2. The van der Waals surface area contributed by atoms with E-state index in [0.29, 0.717) is 5.75 Å². The molecule has 2 aromatic rings. The second kappa shape index (κ2) is 9.94. The highest BCUT2D eigenvalue weighted by molar-refractivity contribution is 5.42. The molecule has 0 saturated heterocycles. The highest BCUT2D eigenvalue weighted by Gasteiger charge is 2.07. The second-order valence-electron chi connectivity index (χ2n) is 5.59. The Hall–Kier alpha value is -2.20. The van der Waals surface area contributed by atoms with Crippen LogP contribution in [0.1, 0.15) is 40.0 Å². The van der Waals surface area contributed by atoms with E-state index in [4.69, 9.17) is 23.8 Å². The average molecular weight is 351 g/mol. The largest absolute Gasteiger partial charge is 0.493 e. The Bertz CT molecular complexity index is 900. The maximum atomic E-state index is 10.3. The van der Waals surface area contributed by atoms with Gasteiger partial charge < -0.3 is 19.3 Å². The predicted molar refractivity (Wildman–Crippen MR) is 99.8 cm³/mol. The van der Waals surface area contributed by atoms with E-state index in [2.05, 4.69) is 0 Å². The van der Waals surface area contributed by atoms with Crippen LogP contribution < -0.4 is 14.2 Å². The maximum absolute atomic E-state index is 10.3. The molecule has 0 radical (unpaired) electrons. The number of aliphatic hydroxyl groups excluding tert-OH is 1. The molecule has 0 heterocycles. The zero-order valence-electron chi connectivity index (χ0n) is 21.4. The van der Waals surface area contributed by atoms with Crippen LogP contribution in [-0.4, -0.2) is 31.9 Å². The summed E-state index contributed by atoms with van der Waals surface area (Å²) in [5.41, 5.74) is 1.08. The molecule has 0 amide bonds. The van der Waals surface area contributed by atoms with Crippen LogP contribution in [0.15, 0.2) is 42.5 Å². The van der Waals surface area contributed by atoms with E-state index < -0.39 is 26.1 Å². The number of methoxy groups -OCH3 is 2. The fourth-order valence-electron chi connectivity index (χ4n) is 2.27. The molecule has 4 heteroatoms. The molecule has 0 aromatic heterocycles. The van der Waals surface area contributed by atoms with E-state index in [0.717, 1.165) is 5.56 Å². The second-order valence-corrected chi connectivity index (χ2v) is 5.59. The minimum absolute atomic E-state index is 0.0346. The van der Waals surface area contributed by atoms with Gasteiger partial charge in [-0.25, -0.2) is 0 Å². The minimum atomic E-state index is -2.72. The predicted octanol–water partition coefficient (Wildman–Crippen LogP) is 4.16. The summed E-state index contributed by atoms with van der Waals surface area (Å²) in [6.45, 7) is -0.504. The van der Waals surface area contributed by atoms with Crippen molar-refractivity contribution in [3.8, 4) is 17.2 Å². The Kier molecular flexibility index (Phi) is 4.54. The van der Waals surface area contributed by atoms with Crippen molar-refractivity contribution in [1.29, 1.82) is 0 Å². The average Bonchev–Trinajstić information content (AvgIpc) is 2.66. The summed E-state index contributed by atoms with van der Waals surface area (Å²) in [6, 6.07) is 11.0. The van der Waals surface area contributed by atoms with Gasteiger partial charge in [0.05, 0.1) is 27.1 Å². The van der Waals surface area contributed by atoms with Crippen LogP contribution in [0.5, 0.6) is 17.2 Å². The maximum Gasteiger partial charge on any atom is 0.160 e. The molecule has 1 atom stereocenters. The summed E-state index contributed by atoms with van der Waals surface area (Å²) in [5.74, 6) is 0.360. The Balaban J connectivity index is 2.02. The van der Waals surface area contributed by atoms with Crippen molar-refractivity contribution in [1.82, 2.24) is 0 Å². The molecule has 2 rings (SSSR count). The molecule has 0 aliphatic rings. The molecule has 0 spiro atoms. The fraction of sp³-hybridized carbons (Fsp3) is 0.429. The third kappa shape index (κ3) is 6.31. The molecular formula is C21H28O4. The Morgan fingerprint density at radius 2 is 2.00 bits per heavy atom. The number of aryl methyl sites for hydroxylation is 2. The number of aliphatic hydroxyl groups is 1. The summed E-state index contributed by atoms with van der Waals surface area (Å²) < 4.78 is 69.8. The molecule has 0 aliphatic heterocycles. The van der Waals surface area contributed by atoms with Crippen molar-refractivity contribution in [2.24, 2.45) is 0 Å². The van der Waals surface area contributed by atoms with Crippen molar-refractivity contribution in [3.05, 3.63) is 53.6 Å². The topological polar surface area (TPSA) is 47.9 Å². The quantitative estimate of drug-likeness (QED) is 0.698. The molecule has 0 saturated carbocycles. The number of ether oxygens (including phenoxy) is 3. The zero-order valence-corrected chi connectivity index (χ0v) is 14.4. The van der Waals surface area contributed by atoms with E-state index in [9.17, 15) is 5.11 Å². The van der Waals surface area contributed by atoms with Gasteiger partial charge in [-0.05, 0) is 61.5 Å². The third-order valence-corrected chi connectivity index (χ3v) is 3.56. The summed E-state index contributed by atoms with van der Waals surface area (Å²) in [5, 5.41) is 10.3. The van der Waals surface area contributed by atoms with Gasteiger partial charge in [-0.2, -0.15) is 0 Å². The Morgan fingerprint density at radius 1 is 1.12 bits per heavy atom. The van der Waals surface area contributed by atoms with Crippen LogP contribution in [0, 0.1) is 6.92 Å². The van der Waals surface area contributed by atoms with Gasteiger partial charge in [-0.15, -0.1) is 0 Å². The molecular weight excluding hydrogens is 316 g/mol. The molecule has 1 N–H and O–H groups in total. The molecule has 0 bridgehead atoms. The molecule has 25 heavy (non-hydrogen) atoms. The van der Waals surface area contributed by atoms with Gasteiger partial charge in [-0.3, -0.25) is 0 Å². The number of hydrogen-bond acceptors (Lipinski definition) is 4. The molecule has 2 aromatic carbocycles. The Labute approximate surface area is 160 Å². The molecule has 136 valence electrons. The lowest BCUT2D eigenvalue weighted by Gasteiger charge is -2.13. The summed E-state index contributed by atoms with van der Waals surface area (Å²) in [7, 11) is -1.37. The van der Waals surface area contributed by atoms with Crippen molar-refractivity contribution >= 4 is 0 Å². The molecule has 0 fully saturated rings. The monoisotopic (exact) mass is 351 g/mol. The van der Waals surface area contributed by atoms with Gasteiger partial charge in [-0.1, -0.05) is 24.6 Å². The van der Waals surface area contributed by atoms with E-state index in [-0.39, 0.29) is 36.3 Å². The molecule has 0 aliphatic carbocycles. The van der Waals surface area contributed by atoms with Crippen molar-refractivity contribution < 1.29 is 28.9 Å². The van der Waals surface area contributed by atoms with Crippen molar-refractivity contribution in [3.63, 3.8) is 0 Å². The van der Waals surface area contributed by atoms with Crippen LogP contribution in [0.4, 0.5) is 0 Å². The van der Waals surface area contributed by atoms with Crippen LogP contribution in [0.25, 0.3) is 0 Å². The van der Waals surface area contributed by atoms with Crippen molar-refractivity contribution in [2.45, 2.75) is 38.7 Å². The van der Waals surface area contributed by atoms with Crippen LogP contribution in [0.3, 0.4) is 0 Å². The lowest BCUT2D eigenvalue weighted by Crippen LogP contribution is -2.17. The highest BCUT2D eigenvalue weighted by Crippen LogP contribution is 2.28. The van der Waals surface area contributed by atoms with Gasteiger partial charge in [0.2, 0.25) is 0 Å². The normalized spacial score (nSPS) is 17.6. The highest BCUT2D eigenvalue weighted by atomic mass is 16.5. The van der Waals surface area contributed by atoms with Gasteiger partial charge in [0.25, 0.3) is 0 Å². The molecule has 4 nitrogen and oxygen atoms in total. The van der Waals surface area contributed by atoms with Crippen LogP contribution in [-0.2, 0) is 6.37 Å². The van der Waals surface area contributed by atoms with Gasteiger partial charge >= 0.3 is 0 Å². The first-order valence-corrected chi connectivity index (χ1v) is 8.05.